The molecule has 1 amide bonds. The maximum Gasteiger partial charge on any atom is 0.308 e. The highest BCUT2D eigenvalue weighted by atomic mass is 16.5. The standard InChI is InChI=1S/C16H19NO4/c1-2-21-14-6-4-3-5-12(14)7-8-15(18)17-10-9-13(11-17)16(19)20/h3-8,13H,2,9-11H2,1H3,(H,19,20). The lowest BCUT2D eigenvalue weighted by Gasteiger charge is -2.13. The average molecular weight is 289 g/mol. The van der Waals surface area contributed by atoms with Gasteiger partial charge in [0.2, 0.25) is 5.91 Å². The summed E-state index contributed by atoms with van der Waals surface area (Å²) in [5, 5.41) is 8.94. The molecule has 21 heavy (non-hydrogen) atoms. The van der Waals surface area contributed by atoms with E-state index in [4.69, 9.17) is 9.84 Å². The van der Waals surface area contributed by atoms with Gasteiger partial charge in [-0.25, -0.2) is 0 Å². The van der Waals surface area contributed by atoms with Crippen molar-refractivity contribution in [3.63, 3.8) is 0 Å². The average Bonchev–Trinajstić information content (AvgIpc) is 2.96. The van der Waals surface area contributed by atoms with Crippen molar-refractivity contribution in [3.8, 4) is 5.75 Å². The molecule has 0 aromatic heterocycles. The smallest absolute Gasteiger partial charge is 0.308 e. The molecule has 112 valence electrons. The number of aliphatic carboxylic acids is 1. The van der Waals surface area contributed by atoms with E-state index in [1.54, 1.807) is 11.0 Å². The number of likely N-dealkylation sites (tertiary alicyclic amines) is 1. The topological polar surface area (TPSA) is 66.8 Å². The Kier molecular flexibility index (Phi) is 4.98. The highest BCUT2D eigenvalue weighted by Gasteiger charge is 2.29. The number of rotatable bonds is 5. The van der Waals surface area contributed by atoms with E-state index in [0.29, 0.717) is 19.6 Å². The van der Waals surface area contributed by atoms with Crippen molar-refractivity contribution in [2.45, 2.75) is 13.3 Å². The van der Waals surface area contributed by atoms with Crippen LogP contribution in [0.25, 0.3) is 6.08 Å². The fourth-order valence-corrected chi connectivity index (χ4v) is 2.33. The van der Waals surface area contributed by atoms with Crippen molar-refractivity contribution >= 4 is 18.0 Å². The van der Waals surface area contributed by atoms with Gasteiger partial charge in [0, 0.05) is 24.7 Å². The SMILES string of the molecule is CCOc1ccccc1C=CC(=O)N1CCC(C(=O)O)C1. The maximum atomic E-state index is 12.1. The molecule has 1 aromatic rings. The Labute approximate surface area is 123 Å². The lowest BCUT2D eigenvalue weighted by Crippen LogP contribution is -2.28. The molecule has 5 heteroatoms. The molecular formula is C16H19NO4. The van der Waals surface area contributed by atoms with Crippen molar-refractivity contribution in [2.24, 2.45) is 5.92 Å². The maximum absolute atomic E-state index is 12.1. The van der Waals surface area contributed by atoms with Crippen LogP contribution in [0.5, 0.6) is 5.75 Å². The van der Waals surface area contributed by atoms with E-state index in [1.165, 1.54) is 6.08 Å². The molecular weight excluding hydrogens is 270 g/mol. The number of benzene rings is 1. The third-order valence-electron chi connectivity index (χ3n) is 3.47. The predicted molar refractivity (Wildman–Crippen MR) is 79.0 cm³/mol. The first kappa shape index (κ1) is 15.1. The molecule has 1 aliphatic rings. The molecule has 2 rings (SSSR count). The van der Waals surface area contributed by atoms with Crippen LogP contribution in [0.4, 0.5) is 0 Å². The zero-order valence-corrected chi connectivity index (χ0v) is 12.0. The van der Waals surface area contributed by atoms with E-state index in [9.17, 15) is 9.59 Å². The summed E-state index contributed by atoms with van der Waals surface area (Å²) in [7, 11) is 0. The van der Waals surface area contributed by atoms with Crippen LogP contribution in [0.2, 0.25) is 0 Å². The van der Waals surface area contributed by atoms with Crippen LogP contribution in [-0.2, 0) is 9.59 Å². The molecule has 0 radical (unpaired) electrons. The molecule has 1 fully saturated rings. The van der Waals surface area contributed by atoms with Crippen molar-refractivity contribution in [1.82, 2.24) is 4.90 Å². The molecule has 1 aromatic carbocycles. The van der Waals surface area contributed by atoms with Gasteiger partial charge in [0.05, 0.1) is 12.5 Å². The Morgan fingerprint density at radius 2 is 2.19 bits per heavy atom. The summed E-state index contributed by atoms with van der Waals surface area (Å²) in [5.41, 5.74) is 0.835. The summed E-state index contributed by atoms with van der Waals surface area (Å²) in [5.74, 6) is -0.715. The Morgan fingerprint density at radius 1 is 1.43 bits per heavy atom. The number of hydrogen-bond donors (Lipinski definition) is 1. The summed E-state index contributed by atoms with van der Waals surface area (Å²) in [6, 6.07) is 7.48. The largest absolute Gasteiger partial charge is 0.493 e. The molecule has 1 atom stereocenters. The second-order valence-corrected chi connectivity index (χ2v) is 4.91. The fourth-order valence-electron chi connectivity index (χ4n) is 2.33. The van der Waals surface area contributed by atoms with Crippen LogP contribution in [0.15, 0.2) is 30.3 Å². The number of carboxylic acids is 1. The minimum atomic E-state index is -0.837. The first-order valence-electron chi connectivity index (χ1n) is 7.03. The Bertz CT molecular complexity index is 553. The molecule has 0 saturated carbocycles. The number of carbonyl (C=O) groups is 2. The van der Waals surface area contributed by atoms with E-state index < -0.39 is 11.9 Å². The van der Waals surface area contributed by atoms with Crippen molar-refractivity contribution < 1.29 is 19.4 Å². The fraction of sp³-hybridized carbons (Fsp3) is 0.375. The van der Waals surface area contributed by atoms with Gasteiger partial charge in [0.15, 0.2) is 0 Å². The molecule has 1 saturated heterocycles. The molecule has 1 aliphatic heterocycles. The summed E-state index contributed by atoms with van der Waals surface area (Å²) in [6.07, 6.45) is 3.70. The molecule has 1 unspecified atom stereocenters. The number of carboxylic acid groups (broad SMARTS) is 1. The Hall–Kier alpha value is -2.30. The van der Waals surface area contributed by atoms with Gasteiger partial charge in [-0.2, -0.15) is 0 Å². The molecule has 0 spiro atoms. The van der Waals surface area contributed by atoms with Gasteiger partial charge in [0.1, 0.15) is 5.75 Å². The van der Waals surface area contributed by atoms with Crippen LogP contribution in [-0.4, -0.2) is 41.6 Å². The molecule has 5 nitrogen and oxygen atoms in total. The number of para-hydroxylation sites is 1. The first-order chi connectivity index (χ1) is 10.1. The van der Waals surface area contributed by atoms with E-state index in [2.05, 4.69) is 0 Å². The quantitative estimate of drug-likeness (QED) is 0.842. The molecule has 1 heterocycles. The van der Waals surface area contributed by atoms with E-state index in [1.807, 2.05) is 31.2 Å². The number of carbonyl (C=O) groups excluding carboxylic acids is 1. The van der Waals surface area contributed by atoms with Crippen molar-refractivity contribution in [2.75, 3.05) is 19.7 Å². The van der Waals surface area contributed by atoms with Gasteiger partial charge >= 0.3 is 5.97 Å². The van der Waals surface area contributed by atoms with Gasteiger partial charge < -0.3 is 14.7 Å². The number of hydrogen-bond acceptors (Lipinski definition) is 3. The van der Waals surface area contributed by atoms with E-state index in [0.717, 1.165) is 11.3 Å². The van der Waals surface area contributed by atoms with Crippen LogP contribution >= 0.6 is 0 Å². The summed E-state index contributed by atoms with van der Waals surface area (Å²) in [4.78, 5) is 24.5. The number of ether oxygens (including phenoxy) is 1. The summed E-state index contributed by atoms with van der Waals surface area (Å²) >= 11 is 0. The lowest BCUT2D eigenvalue weighted by atomic mass is 10.1. The number of amides is 1. The molecule has 0 bridgehead atoms. The van der Waals surface area contributed by atoms with Gasteiger partial charge in [-0.3, -0.25) is 9.59 Å². The van der Waals surface area contributed by atoms with Crippen LogP contribution in [0.1, 0.15) is 18.9 Å². The summed E-state index contributed by atoms with van der Waals surface area (Å²) in [6.45, 7) is 3.24. The van der Waals surface area contributed by atoms with Crippen molar-refractivity contribution in [3.05, 3.63) is 35.9 Å². The van der Waals surface area contributed by atoms with Crippen LogP contribution < -0.4 is 4.74 Å². The third-order valence-corrected chi connectivity index (χ3v) is 3.47. The van der Waals surface area contributed by atoms with E-state index in [-0.39, 0.29) is 12.5 Å². The second-order valence-electron chi connectivity index (χ2n) is 4.91. The molecule has 0 aliphatic carbocycles. The monoisotopic (exact) mass is 289 g/mol. The molecule has 1 N–H and O–H groups in total. The van der Waals surface area contributed by atoms with E-state index >= 15 is 0 Å². The zero-order valence-electron chi connectivity index (χ0n) is 12.0. The third kappa shape index (κ3) is 3.84. The highest BCUT2D eigenvalue weighted by molar-refractivity contribution is 5.92. The Balaban J connectivity index is 2.01. The number of nitrogens with zero attached hydrogens (tertiary/aromatic N) is 1. The minimum absolute atomic E-state index is 0.162. The first-order valence-corrected chi connectivity index (χ1v) is 7.03. The second kappa shape index (κ2) is 6.92. The van der Waals surface area contributed by atoms with Crippen LogP contribution in [0, 0.1) is 5.92 Å². The van der Waals surface area contributed by atoms with Crippen LogP contribution in [0.3, 0.4) is 0 Å². The van der Waals surface area contributed by atoms with Gasteiger partial charge in [-0.05, 0) is 25.5 Å². The Morgan fingerprint density at radius 3 is 2.86 bits per heavy atom. The highest BCUT2D eigenvalue weighted by Crippen LogP contribution is 2.20. The normalized spacial score (nSPS) is 18.1. The van der Waals surface area contributed by atoms with Crippen molar-refractivity contribution in [1.29, 1.82) is 0 Å². The van der Waals surface area contributed by atoms with Gasteiger partial charge in [-0.15, -0.1) is 0 Å². The summed E-state index contributed by atoms with van der Waals surface area (Å²) < 4.78 is 5.49. The minimum Gasteiger partial charge on any atom is -0.493 e. The zero-order chi connectivity index (χ0) is 15.2. The lowest BCUT2D eigenvalue weighted by molar-refractivity contribution is -0.141. The predicted octanol–water partition coefficient (Wildman–Crippen LogP) is 2.03. The van der Waals surface area contributed by atoms with Gasteiger partial charge in [0.25, 0.3) is 0 Å². The van der Waals surface area contributed by atoms with Gasteiger partial charge in [-0.1, -0.05) is 18.2 Å².